The Hall–Kier alpha value is -1.06. The van der Waals surface area contributed by atoms with Crippen molar-refractivity contribution < 1.29 is 4.74 Å². The minimum absolute atomic E-state index is 0.502. The molecule has 2 aromatic rings. The average molecular weight is 299 g/mol. The maximum absolute atomic E-state index is 5.83. The van der Waals surface area contributed by atoms with Gasteiger partial charge in [0.25, 0.3) is 0 Å². The predicted octanol–water partition coefficient (Wildman–Crippen LogP) is 4.08. The molecule has 1 aromatic heterocycles. The highest BCUT2D eigenvalue weighted by atomic mass is 79.9. The first-order valence-electron chi connectivity index (χ1n) is 4.74. The summed E-state index contributed by atoms with van der Waals surface area (Å²) in [4.78, 5) is 4.15. The van der Waals surface area contributed by atoms with E-state index in [2.05, 4.69) is 20.9 Å². The van der Waals surface area contributed by atoms with Crippen LogP contribution in [0.15, 0.2) is 47.1 Å². The molecular weight excluding hydrogens is 289 g/mol. The summed E-state index contributed by atoms with van der Waals surface area (Å²) in [6, 6.07) is 13.4. The van der Waals surface area contributed by atoms with Crippen LogP contribution in [0.25, 0.3) is 0 Å². The van der Waals surface area contributed by atoms with Crippen molar-refractivity contribution in [3.8, 4) is 5.88 Å². The van der Waals surface area contributed by atoms with Crippen molar-refractivity contribution in [2.24, 2.45) is 0 Å². The quantitative estimate of drug-likeness (QED) is 0.797. The van der Waals surface area contributed by atoms with Crippen LogP contribution in [0.4, 0.5) is 0 Å². The summed E-state index contributed by atoms with van der Waals surface area (Å²) < 4.78 is 6.13. The highest BCUT2D eigenvalue weighted by Crippen LogP contribution is 2.23. The second-order valence-corrected chi connectivity index (χ2v) is 4.35. The van der Waals surface area contributed by atoms with Gasteiger partial charge in [0.1, 0.15) is 11.2 Å². The van der Waals surface area contributed by atoms with Crippen LogP contribution in [0.3, 0.4) is 0 Å². The molecule has 0 bridgehead atoms. The monoisotopic (exact) mass is 297 g/mol. The minimum atomic E-state index is 0.502. The molecule has 0 amide bonds. The summed E-state index contributed by atoms with van der Waals surface area (Å²) in [6.07, 6.45) is 0. The number of hydrogen-bond acceptors (Lipinski definition) is 2. The summed E-state index contributed by atoms with van der Waals surface area (Å²) in [6.45, 7) is 0.502. The Kier molecular flexibility index (Phi) is 3.80. The van der Waals surface area contributed by atoms with E-state index in [-0.39, 0.29) is 0 Å². The molecule has 0 spiro atoms. The van der Waals surface area contributed by atoms with E-state index in [1.165, 1.54) is 0 Å². The molecule has 2 nitrogen and oxygen atoms in total. The molecule has 0 aliphatic heterocycles. The van der Waals surface area contributed by atoms with Gasteiger partial charge in [0, 0.05) is 6.07 Å². The first-order valence-corrected chi connectivity index (χ1v) is 5.91. The van der Waals surface area contributed by atoms with Crippen molar-refractivity contribution in [3.63, 3.8) is 0 Å². The lowest BCUT2D eigenvalue weighted by molar-refractivity contribution is 0.293. The summed E-state index contributed by atoms with van der Waals surface area (Å²) >= 11 is 9.08. The number of nitrogens with zero attached hydrogens (tertiary/aromatic N) is 1. The second-order valence-electron chi connectivity index (χ2n) is 3.20. The van der Waals surface area contributed by atoms with Crippen molar-refractivity contribution in [1.29, 1.82) is 0 Å². The van der Waals surface area contributed by atoms with Crippen LogP contribution < -0.4 is 4.74 Å². The maximum atomic E-state index is 5.83. The zero-order chi connectivity index (χ0) is 11.4. The van der Waals surface area contributed by atoms with E-state index >= 15 is 0 Å². The molecule has 0 atom stereocenters. The largest absolute Gasteiger partial charge is 0.473 e. The summed E-state index contributed by atoms with van der Waals surface area (Å²) in [5, 5.41) is 0.576. The van der Waals surface area contributed by atoms with Crippen molar-refractivity contribution in [2.75, 3.05) is 0 Å². The van der Waals surface area contributed by atoms with Gasteiger partial charge in [-0.1, -0.05) is 41.9 Å². The van der Waals surface area contributed by atoms with E-state index in [4.69, 9.17) is 16.3 Å². The number of rotatable bonds is 3. The van der Waals surface area contributed by atoms with Gasteiger partial charge in [-0.25, -0.2) is 4.98 Å². The molecule has 16 heavy (non-hydrogen) atoms. The van der Waals surface area contributed by atoms with E-state index in [1.807, 2.05) is 30.3 Å². The molecule has 0 fully saturated rings. The first kappa shape index (κ1) is 11.4. The van der Waals surface area contributed by atoms with Gasteiger partial charge in [0.15, 0.2) is 0 Å². The second kappa shape index (κ2) is 5.32. The van der Waals surface area contributed by atoms with Gasteiger partial charge >= 0.3 is 0 Å². The fourth-order valence-electron chi connectivity index (χ4n) is 1.21. The van der Waals surface area contributed by atoms with Crippen LogP contribution >= 0.6 is 27.5 Å². The molecule has 0 saturated heterocycles. The van der Waals surface area contributed by atoms with Crippen molar-refractivity contribution in [2.45, 2.75) is 6.61 Å². The normalized spacial score (nSPS) is 10.1. The SMILES string of the molecule is Clc1ccc(OCc2ccccc2)nc1Br. The zero-order valence-electron chi connectivity index (χ0n) is 8.36. The molecule has 4 heteroatoms. The van der Waals surface area contributed by atoms with Crippen LogP contribution in [0.1, 0.15) is 5.56 Å². The fraction of sp³-hybridized carbons (Fsp3) is 0.0833. The van der Waals surface area contributed by atoms with Crippen molar-refractivity contribution in [1.82, 2.24) is 4.98 Å². The van der Waals surface area contributed by atoms with Gasteiger partial charge in [-0.3, -0.25) is 0 Å². The Morgan fingerprint density at radius 1 is 1.12 bits per heavy atom. The number of hydrogen-bond donors (Lipinski definition) is 0. The Bertz CT molecular complexity index is 476. The molecule has 2 rings (SSSR count). The molecule has 0 radical (unpaired) electrons. The third-order valence-corrected chi connectivity index (χ3v) is 3.14. The first-order chi connectivity index (χ1) is 7.75. The molecule has 0 saturated carbocycles. The minimum Gasteiger partial charge on any atom is -0.473 e. The standard InChI is InChI=1S/C12H9BrClNO/c13-12-10(14)6-7-11(15-12)16-8-9-4-2-1-3-5-9/h1-7H,8H2. The molecule has 0 aliphatic rings. The van der Waals surface area contributed by atoms with Gasteiger partial charge in [-0.15, -0.1) is 0 Å². The molecule has 0 aliphatic carbocycles. The van der Waals surface area contributed by atoms with E-state index < -0.39 is 0 Å². The number of pyridine rings is 1. The van der Waals surface area contributed by atoms with E-state index in [1.54, 1.807) is 12.1 Å². The lowest BCUT2D eigenvalue weighted by Crippen LogP contribution is -1.97. The topological polar surface area (TPSA) is 22.1 Å². The van der Waals surface area contributed by atoms with E-state index in [9.17, 15) is 0 Å². The maximum Gasteiger partial charge on any atom is 0.214 e. The highest BCUT2D eigenvalue weighted by molar-refractivity contribution is 9.10. The zero-order valence-corrected chi connectivity index (χ0v) is 10.7. The van der Waals surface area contributed by atoms with Crippen LogP contribution in [0.2, 0.25) is 5.02 Å². The summed E-state index contributed by atoms with van der Waals surface area (Å²) in [5.41, 5.74) is 1.11. The highest BCUT2D eigenvalue weighted by Gasteiger charge is 2.01. The fourth-order valence-corrected chi connectivity index (χ4v) is 1.62. The third-order valence-electron chi connectivity index (χ3n) is 2.01. The summed E-state index contributed by atoms with van der Waals surface area (Å²) in [5.74, 6) is 0.556. The summed E-state index contributed by atoms with van der Waals surface area (Å²) in [7, 11) is 0. The van der Waals surface area contributed by atoms with Gasteiger partial charge in [-0.05, 0) is 27.6 Å². The molecular formula is C12H9BrClNO. The van der Waals surface area contributed by atoms with Crippen molar-refractivity contribution in [3.05, 3.63) is 57.7 Å². The Morgan fingerprint density at radius 2 is 1.88 bits per heavy atom. The van der Waals surface area contributed by atoms with Gasteiger partial charge < -0.3 is 4.74 Å². The number of aromatic nitrogens is 1. The average Bonchev–Trinajstić information content (AvgIpc) is 2.32. The number of benzene rings is 1. The molecule has 0 N–H and O–H groups in total. The van der Waals surface area contributed by atoms with E-state index in [0.717, 1.165) is 5.56 Å². The smallest absolute Gasteiger partial charge is 0.214 e. The van der Waals surface area contributed by atoms with Crippen LogP contribution in [-0.2, 0) is 6.61 Å². The van der Waals surface area contributed by atoms with Gasteiger partial charge in [0.05, 0.1) is 5.02 Å². The number of halogens is 2. The van der Waals surface area contributed by atoms with Crippen LogP contribution in [-0.4, -0.2) is 4.98 Å². The Morgan fingerprint density at radius 3 is 2.56 bits per heavy atom. The third kappa shape index (κ3) is 2.97. The molecule has 82 valence electrons. The lowest BCUT2D eigenvalue weighted by Gasteiger charge is -2.05. The van der Waals surface area contributed by atoms with E-state index in [0.29, 0.717) is 22.1 Å². The van der Waals surface area contributed by atoms with Crippen LogP contribution in [0.5, 0.6) is 5.88 Å². The van der Waals surface area contributed by atoms with Crippen LogP contribution in [0, 0.1) is 0 Å². The number of ether oxygens (including phenoxy) is 1. The van der Waals surface area contributed by atoms with Crippen molar-refractivity contribution >= 4 is 27.5 Å². The molecule has 1 aromatic carbocycles. The Labute approximate surface area is 107 Å². The Balaban J connectivity index is 2.03. The van der Waals surface area contributed by atoms with Gasteiger partial charge in [0.2, 0.25) is 5.88 Å². The predicted molar refractivity (Wildman–Crippen MR) is 67.7 cm³/mol. The lowest BCUT2D eigenvalue weighted by atomic mass is 10.2. The van der Waals surface area contributed by atoms with Gasteiger partial charge in [-0.2, -0.15) is 0 Å². The molecule has 0 unspecified atom stereocenters. The molecule has 1 heterocycles.